The highest BCUT2D eigenvalue weighted by Crippen LogP contribution is 2.25. The highest BCUT2D eigenvalue weighted by molar-refractivity contribution is 6.31. The minimum absolute atomic E-state index is 0.0117. The maximum Gasteiger partial charge on any atom is 0.335 e. The molecule has 0 spiro atoms. The molecule has 6 nitrogen and oxygen atoms in total. The molecule has 0 atom stereocenters. The smallest absolute Gasteiger partial charge is 0.335 e. The van der Waals surface area contributed by atoms with Crippen molar-refractivity contribution in [1.29, 1.82) is 0 Å². The van der Waals surface area contributed by atoms with Crippen LogP contribution in [0, 0.1) is 0 Å². The van der Waals surface area contributed by atoms with Gasteiger partial charge in [-0.2, -0.15) is 0 Å². The maximum absolute atomic E-state index is 12.6. The van der Waals surface area contributed by atoms with E-state index < -0.39 is 17.9 Å². The van der Waals surface area contributed by atoms with Gasteiger partial charge in [0.05, 0.1) is 11.3 Å². The van der Waals surface area contributed by atoms with E-state index in [2.05, 4.69) is 0 Å². The van der Waals surface area contributed by atoms with E-state index in [9.17, 15) is 14.4 Å². The number of benzene rings is 2. The number of amides is 3. The molecule has 2 aromatic carbocycles. The summed E-state index contributed by atoms with van der Waals surface area (Å²) in [7, 11) is 0. The third-order valence-electron chi connectivity index (χ3n) is 3.71. The van der Waals surface area contributed by atoms with Crippen molar-refractivity contribution in [3.05, 3.63) is 64.7 Å². The van der Waals surface area contributed by atoms with Crippen LogP contribution < -0.4 is 4.90 Å². The summed E-state index contributed by atoms with van der Waals surface area (Å²) >= 11 is 6.09. The van der Waals surface area contributed by atoms with Crippen molar-refractivity contribution < 1.29 is 19.5 Å². The summed E-state index contributed by atoms with van der Waals surface area (Å²) in [5.74, 6) is -1.53. The number of anilines is 1. The molecular formula is C17H13ClN2O4. The van der Waals surface area contributed by atoms with E-state index in [4.69, 9.17) is 16.7 Å². The topological polar surface area (TPSA) is 77.9 Å². The van der Waals surface area contributed by atoms with Crippen LogP contribution >= 0.6 is 11.6 Å². The quantitative estimate of drug-likeness (QED) is 0.865. The Morgan fingerprint density at radius 1 is 1.12 bits per heavy atom. The van der Waals surface area contributed by atoms with Gasteiger partial charge in [0.15, 0.2) is 0 Å². The van der Waals surface area contributed by atoms with E-state index in [1.54, 1.807) is 24.3 Å². The lowest BCUT2D eigenvalue weighted by Crippen LogP contribution is -2.32. The summed E-state index contributed by atoms with van der Waals surface area (Å²) in [5, 5.41) is 9.57. The Labute approximate surface area is 142 Å². The van der Waals surface area contributed by atoms with Gasteiger partial charge in [-0.1, -0.05) is 35.9 Å². The van der Waals surface area contributed by atoms with E-state index in [0.29, 0.717) is 5.02 Å². The van der Waals surface area contributed by atoms with E-state index in [1.807, 2.05) is 0 Å². The van der Waals surface area contributed by atoms with Gasteiger partial charge in [0.1, 0.15) is 6.54 Å². The highest BCUT2D eigenvalue weighted by Gasteiger charge is 2.37. The molecule has 0 saturated carbocycles. The third kappa shape index (κ3) is 2.96. The Morgan fingerprint density at radius 3 is 2.58 bits per heavy atom. The van der Waals surface area contributed by atoms with E-state index >= 15 is 0 Å². The average molecular weight is 345 g/mol. The number of carboxylic acid groups (broad SMARTS) is 1. The first-order valence-corrected chi connectivity index (χ1v) is 7.54. The minimum atomic E-state index is -1.12. The highest BCUT2D eigenvalue weighted by atomic mass is 35.5. The Kier molecular flexibility index (Phi) is 4.22. The van der Waals surface area contributed by atoms with Gasteiger partial charge in [-0.05, 0) is 29.8 Å². The molecular weight excluding hydrogens is 332 g/mol. The molecule has 0 radical (unpaired) electrons. The van der Waals surface area contributed by atoms with Gasteiger partial charge in [0.2, 0.25) is 0 Å². The van der Waals surface area contributed by atoms with Crippen molar-refractivity contribution in [1.82, 2.24) is 4.90 Å². The van der Waals surface area contributed by atoms with E-state index in [-0.39, 0.29) is 24.3 Å². The van der Waals surface area contributed by atoms with Gasteiger partial charge in [0, 0.05) is 11.6 Å². The molecule has 0 unspecified atom stereocenters. The Hall–Kier alpha value is -2.86. The molecule has 0 bridgehead atoms. The molecule has 1 aliphatic heterocycles. The van der Waals surface area contributed by atoms with E-state index in [1.165, 1.54) is 29.2 Å². The van der Waals surface area contributed by atoms with Gasteiger partial charge in [0.25, 0.3) is 5.91 Å². The van der Waals surface area contributed by atoms with Crippen LogP contribution in [-0.2, 0) is 11.3 Å². The molecule has 0 aliphatic carbocycles. The standard InChI is InChI=1S/C17H13ClN2O4/c18-14-7-2-1-4-12(14)9-19-10-15(21)20(17(19)24)13-6-3-5-11(8-13)16(22)23/h1-8H,9-10H2,(H,22,23). The predicted molar refractivity (Wildman–Crippen MR) is 88.1 cm³/mol. The third-order valence-corrected chi connectivity index (χ3v) is 4.08. The second kappa shape index (κ2) is 6.33. The first kappa shape index (κ1) is 16.0. The number of carboxylic acids is 1. The number of carbonyl (C=O) groups excluding carboxylic acids is 2. The largest absolute Gasteiger partial charge is 0.478 e. The summed E-state index contributed by atoms with van der Waals surface area (Å²) in [4.78, 5) is 38.2. The first-order chi connectivity index (χ1) is 11.5. The summed E-state index contributed by atoms with van der Waals surface area (Å²) < 4.78 is 0. The van der Waals surface area contributed by atoms with Crippen LogP contribution in [0.15, 0.2) is 48.5 Å². The molecule has 3 rings (SSSR count). The molecule has 1 aliphatic rings. The van der Waals surface area contributed by atoms with Gasteiger partial charge in [-0.15, -0.1) is 0 Å². The number of aromatic carboxylic acids is 1. The zero-order valence-electron chi connectivity index (χ0n) is 12.5. The van der Waals surface area contributed by atoms with Gasteiger partial charge in [-0.3, -0.25) is 4.79 Å². The minimum Gasteiger partial charge on any atom is -0.478 e. The number of rotatable bonds is 4. The molecule has 0 aromatic heterocycles. The fraction of sp³-hybridized carbons (Fsp3) is 0.118. The number of carbonyl (C=O) groups is 3. The molecule has 1 fully saturated rings. The predicted octanol–water partition coefficient (Wildman–Crippen LogP) is 3.01. The maximum atomic E-state index is 12.6. The molecule has 2 aromatic rings. The van der Waals surface area contributed by atoms with Gasteiger partial charge in [-0.25, -0.2) is 14.5 Å². The average Bonchev–Trinajstić information content (AvgIpc) is 2.83. The van der Waals surface area contributed by atoms with Gasteiger partial charge >= 0.3 is 12.0 Å². The molecule has 3 amide bonds. The lowest BCUT2D eigenvalue weighted by atomic mass is 10.2. The molecule has 1 heterocycles. The number of nitrogens with zero attached hydrogens (tertiary/aromatic N) is 2. The summed E-state index contributed by atoms with van der Waals surface area (Å²) in [6, 6.07) is 12.3. The van der Waals surface area contributed by atoms with Crippen LogP contribution in [0.5, 0.6) is 0 Å². The molecule has 1 N–H and O–H groups in total. The second-order valence-corrected chi connectivity index (χ2v) is 5.72. The van der Waals surface area contributed by atoms with Crippen LogP contribution in [0.1, 0.15) is 15.9 Å². The van der Waals surface area contributed by atoms with Crippen LogP contribution in [0.4, 0.5) is 10.5 Å². The fourth-order valence-corrected chi connectivity index (χ4v) is 2.73. The van der Waals surface area contributed by atoms with Crippen molar-refractivity contribution in [2.24, 2.45) is 0 Å². The van der Waals surface area contributed by atoms with Crippen molar-refractivity contribution in [3.8, 4) is 0 Å². The molecule has 122 valence electrons. The van der Waals surface area contributed by atoms with Crippen molar-refractivity contribution in [2.45, 2.75) is 6.54 Å². The summed E-state index contributed by atoms with van der Waals surface area (Å²) in [5.41, 5.74) is 0.991. The van der Waals surface area contributed by atoms with Crippen molar-refractivity contribution >= 4 is 35.2 Å². The number of halogens is 1. The lowest BCUT2D eigenvalue weighted by molar-refractivity contribution is -0.116. The van der Waals surface area contributed by atoms with Crippen LogP contribution in [0.3, 0.4) is 0 Å². The molecule has 24 heavy (non-hydrogen) atoms. The summed E-state index contributed by atoms with van der Waals surface area (Å²) in [6.07, 6.45) is 0. The normalized spacial score (nSPS) is 14.4. The molecule has 7 heteroatoms. The number of hydrogen-bond acceptors (Lipinski definition) is 3. The lowest BCUT2D eigenvalue weighted by Gasteiger charge is -2.18. The SMILES string of the molecule is O=C(O)c1cccc(N2C(=O)CN(Cc3ccccc3Cl)C2=O)c1. The summed E-state index contributed by atoms with van der Waals surface area (Å²) in [6.45, 7) is 0.126. The van der Waals surface area contributed by atoms with Crippen molar-refractivity contribution in [2.75, 3.05) is 11.4 Å². The first-order valence-electron chi connectivity index (χ1n) is 7.16. The number of hydrogen-bond donors (Lipinski definition) is 1. The van der Waals surface area contributed by atoms with Crippen LogP contribution in [0.25, 0.3) is 0 Å². The zero-order valence-corrected chi connectivity index (χ0v) is 13.2. The number of imide groups is 1. The molecule has 1 saturated heterocycles. The fourth-order valence-electron chi connectivity index (χ4n) is 2.54. The van der Waals surface area contributed by atoms with Crippen LogP contribution in [0.2, 0.25) is 5.02 Å². The van der Waals surface area contributed by atoms with E-state index in [0.717, 1.165) is 10.5 Å². The monoisotopic (exact) mass is 344 g/mol. The zero-order chi connectivity index (χ0) is 17.3. The van der Waals surface area contributed by atoms with Gasteiger partial charge < -0.3 is 10.0 Å². The second-order valence-electron chi connectivity index (χ2n) is 5.31. The number of urea groups is 1. The Morgan fingerprint density at radius 2 is 1.88 bits per heavy atom. The Balaban J connectivity index is 1.86. The van der Waals surface area contributed by atoms with Crippen molar-refractivity contribution in [3.63, 3.8) is 0 Å². The van der Waals surface area contributed by atoms with Crippen LogP contribution in [-0.4, -0.2) is 34.5 Å². The Bertz CT molecular complexity index is 837.